The summed E-state index contributed by atoms with van der Waals surface area (Å²) in [4.78, 5) is 5.42. The van der Waals surface area contributed by atoms with Crippen LogP contribution in [0, 0.1) is 13.8 Å². The third-order valence-electron chi connectivity index (χ3n) is 2.81. The van der Waals surface area contributed by atoms with Gasteiger partial charge in [-0.1, -0.05) is 23.5 Å². The zero-order chi connectivity index (χ0) is 13.0. The highest BCUT2D eigenvalue weighted by atomic mass is 32.1. The molecule has 0 amide bonds. The Morgan fingerprint density at radius 3 is 2.94 bits per heavy atom. The predicted octanol–water partition coefficient (Wildman–Crippen LogP) is 3.77. The molecule has 0 bridgehead atoms. The summed E-state index contributed by atoms with van der Waals surface area (Å²) < 4.78 is 5.84. The van der Waals surface area contributed by atoms with Crippen molar-refractivity contribution in [3.63, 3.8) is 0 Å². The number of anilines is 1. The lowest BCUT2D eigenvalue weighted by Gasteiger charge is -2.09. The Bertz CT molecular complexity index is 522. The first-order valence-corrected chi connectivity index (χ1v) is 6.90. The van der Waals surface area contributed by atoms with Crippen LogP contribution in [0.5, 0.6) is 5.75 Å². The molecule has 1 aromatic carbocycles. The second-order valence-electron chi connectivity index (χ2n) is 4.15. The number of hydrogen-bond acceptors (Lipinski definition) is 4. The molecule has 18 heavy (non-hydrogen) atoms. The highest BCUT2D eigenvalue weighted by Crippen LogP contribution is 2.24. The monoisotopic (exact) mass is 262 g/mol. The van der Waals surface area contributed by atoms with Crippen molar-refractivity contribution in [3.8, 4) is 5.75 Å². The summed E-state index contributed by atoms with van der Waals surface area (Å²) >= 11 is 1.64. The number of ether oxygens (including phenoxy) is 1. The van der Waals surface area contributed by atoms with Crippen LogP contribution in [0.4, 0.5) is 5.13 Å². The first kappa shape index (κ1) is 12.9. The number of benzene rings is 1. The van der Waals surface area contributed by atoms with Gasteiger partial charge in [0, 0.05) is 12.7 Å². The van der Waals surface area contributed by atoms with Crippen molar-refractivity contribution in [2.24, 2.45) is 0 Å². The van der Waals surface area contributed by atoms with E-state index in [2.05, 4.69) is 37.1 Å². The molecule has 1 aromatic heterocycles. The standard InChI is InChI=1S/C14H18N2OS/c1-4-15-14-16-8-12(18-14)9-17-13-7-5-6-10(2)11(13)3/h5-8H,4,9H2,1-3H3,(H,15,16). The third-order valence-corrected chi connectivity index (χ3v) is 3.73. The summed E-state index contributed by atoms with van der Waals surface area (Å²) in [6.45, 7) is 7.71. The van der Waals surface area contributed by atoms with Crippen molar-refractivity contribution in [1.29, 1.82) is 0 Å². The number of thiazole rings is 1. The van der Waals surface area contributed by atoms with Gasteiger partial charge in [-0.3, -0.25) is 0 Å². The third kappa shape index (κ3) is 3.01. The minimum Gasteiger partial charge on any atom is -0.488 e. The smallest absolute Gasteiger partial charge is 0.182 e. The topological polar surface area (TPSA) is 34.2 Å². The van der Waals surface area contributed by atoms with E-state index in [4.69, 9.17) is 4.74 Å². The Hall–Kier alpha value is -1.55. The number of aryl methyl sites for hydroxylation is 1. The molecular formula is C14H18N2OS. The normalized spacial score (nSPS) is 10.4. The van der Waals surface area contributed by atoms with Crippen LogP contribution in [0.3, 0.4) is 0 Å². The van der Waals surface area contributed by atoms with E-state index in [1.807, 2.05) is 18.3 Å². The average molecular weight is 262 g/mol. The van der Waals surface area contributed by atoms with Gasteiger partial charge in [0.15, 0.2) is 5.13 Å². The van der Waals surface area contributed by atoms with Crippen LogP contribution in [0.15, 0.2) is 24.4 Å². The molecule has 0 aliphatic heterocycles. The molecule has 1 N–H and O–H groups in total. The van der Waals surface area contributed by atoms with Gasteiger partial charge in [-0.25, -0.2) is 4.98 Å². The number of nitrogens with one attached hydrogen (secondary N) is 1. The second-order valence-corrected chi connectivity index (χ2v) is 5.26. The molecule has 2 aromatic rings. The number of hydrogen-bond donors (Lipinski definition) is 1. The Labute approximate surface area is 112 Å². The Balaban J connectivity index is 2.00. The van der Waals surface area contributed by atoms with Gasteiger partial charge >= 0.3 is 0 Å². The second kappa shape index (κ2) is 5.87. The number of nitrogens with zero attached hydrogens (tertiary/aromatic N) is 1. The minimum absolute atomic E-state index is 0.577. The van der Waals surface area contributed by atoms with Gasteiger partial charge in [0.1, 0.15) is 12.4 Å². The molecule has 3 nitrogen and oxygen atoms in total. The molecule has 0 aliphatic rings. The van der Waals surface area contributed by atoms with E-state index in [1.54, 1.807) is 11.3 Å². The summed E-state index contributed by atoms with van der Waals surface area (Å²) in [7, 11) is 0. The lowest BCUT2D eigenvalue weighted by atomic mass is 10.1. The Morgan fingerprint density at radius 1 is 1.33 bits per heavy atom. The molecule has 0 aliphatic carbocycles. The van der Waals surface area contributed by atoms with E-state index in [9.17, 15) is 0 Å². The fourth-order valence-corrected chi connectivity index (χ4v) is 2.43. The maximum atomic E-state index is 5.84. The molecule has 4 heteroatoms. The maximum Gasteiger partial charge on any atom is 0.182 e. The van der Waals surface area contributed by atoms with Gasteiger partial charge < -0.3 is 10.1 Å². The van der Waals surface area contributed by atoms with E-state index >= 15 is 0 Å². The van der Waals surface area contributed by atoms with Crippen LogP contribution < -0.4 is 10.1 Å². The minimum atomic E-state index is 0.577. The van der Waals surface area contributed by atoms with E-state index in [1.165, 1.54) is 11.1 Å². The van der Waals surface area contributed by atoms with Crippen LogP contribution in [-0.4, -0.2) is 11.5 Å². The SMILES string of the molecule is CCNc1ncc(COc2cccc(C)c2C)s1. The zero-order valence-electron chi connectivity index (χ0n) is 11.0. The highest BCUT2D eigenvalue weighted by Gasteiger charge is 2.04. The quantitative estimate of drug-likeness (QED) is 0.890. The van der Waals surface area contributed by atoms with E-state index in [-0.39, 0.29) is 0 Å². The molecule has 0 atom stereocenters. The van der Waals surface area contributed by atoms with Crippen molar-refractivity contribution in [2.45, 2.75) is 27.4 Å². The first-order valence-electron chi connectivity index (χ1n) is 6.08. The Morgan fingerprint density at radius 2 is 2.17 bits per heavy atom. The van der Waals surface area contributed by atoms with Crippen LogP contribution in [-0.2, 0) is 6.61 Å². The van der Waals surface area contributed by atoms with Gasteiger partial charge in [0.25, 0.3) is 0 Å². The van der Waals surface area contributed by atoms with Gasteiger partial charge in [0.2, 0.25) is 0 Å². The molecule has 0 spiro atoms. The van der Waals surface area contributed by atoms with E-state index in [0.29, 0.717) is 6.61 Å². The largest absolute Gasteiger partial charge is 0.488 e. The van der Waals surface area contributed by atoms with Crippen LogP contribution >= 0.6 is 11.3 Å². The first-order chi connectivity index (χ1) is 8.70. The summed E-state index contributed by atoms with van der Waals surface area (Å²) in [6, 6.07) is 6.13. The number of aromatic nitrogens is 1. The molecule has 0 saturated heterocycles. The fourth-order valence-electron chi connectivity index (χ4n) is 1.64. The van der Waals surface area contributed by atoms with Gasteiger partial charge in [-0.15, -0.1) is 0 Å². The van der Waals surface area contributed by atoms with Gasteiger partial charge in [-0.2, -0.15) is 0 Å². The molecule has 0 unspecified atom stereocenters. The summed E-state index contributed by atoms with van der Waals surface area (Å²) in [5, 5.41) is 4.15. The van der Waals surface area contributed by atoms with E-state index < -0.39 is 0 Å². The summed E-state index contributed by atoms with van der Waals surface area (Å²) in [6.07, 6.45) is 1.87. The molecule has 2 rings (SSSR count). The average Bonchev–Trinajstić information content (AvgIpc) is 2.79. The summed E-state index contributed by atoms with van der Waals surface area (Å²) in [5.74, 6) is 0.952. The zero-order valence-corrected chi connectivity index (χ0v) is 11.8. The number of rotatable bonds is 5. The summed E-state index contributed by atoms with van der Waals surface area (Å²) in [5.41, 5.74) is 2.46. The maximum absolute atomic E-state index is 5.84. The van der Waals surface area contributed by atoms with Gasteiger partial charge in [-0.05, 0) is 38.0 Å². The van der Waals surface area contributed by atoms with Crippen LogP contribution in [0.1, 0.15) is 22.9 Å². The molecule has 0 fully saturated rings. The lowest BCUT2D eigenvalue weighted by Crippen LogP contribution is -1.96. The van der Waals surface area contributed by atoms with Crippen molar-refractivity contribution < 1.29 is 4.74 Å². The molecular weight excluding hydrogens is 244 g/mol. The Kier molecular flexibility index (Phi) is 4.20. The molecule has 0 saturated carbocycles. The van der Waals surface area contributed by atoms with Crippen molar-refractivity contribution in [1.82, 2.24) is 4.98 Å². The van der Waals surface area contributed by atoms with Gasteiger partial charge in [0.05, 0.1) is 4.88 Å². The van der Waals surface area contributed by atoms with Crippen LogP contribution in [0.2, 0.25) is 0 Å². The molecule has 96 valence electrons. The van der Waals surface area contributed by atoms with Crippen molar-refractivity contribution in [3.05, 3.63) is 40.4 Å². The van der Waals surface area contributed by atoms with Crippen LogP contribution in [0.25, 0.3) is 0 Å². The highest BCUT2D eigenvalue weighted by molar-refractivity contribution is 7.15. The predicted molar refractivity (Wildman–Crippen MR) is 76.5 cm³/mol. The fraction of sp³-hybridized carbons (Fsp3) is 0.357. The van der Waals surface area contributed by atoms with Crippen molar-refractivity contribution >= 4 is 16.5 Å². The van der Waals surface area contributed by atoms with E-state index in [0.717, 1.165) is 22.3 Å². The molecule has 1 heterocycles. The molecule has 0 radical (unpaired) electrons. The van der Waals surface area contributed by atoms with Crippen molar-refractivity contribution in [2.75, 3.05) is 11.9 Å². The lowest BCUT2D eigenvalue weighted by molar-refractivity contribution is 0.307.